The standard InChI is InChI=1S/C10H17N3O3S/c1-7-10(8(2)12-11-7)17(14,15)13(3)9-4-5-16-6-9/h9H,4-6H2,1-3H3,(H,11,12). The van der Waals surface area contributed by atoms with Crippen LogP contribution in [0.2, 0.25) is 0 Å². The number of ether oxygens (including phenoxy) is 1. The van der Waals surface area contributed by atoms with E-state index in [0.29, 0.717) is 24.6 Å². The van der Waals surface area contributed by atoms with Gasteiger partial charge in [0.1, 0.15) is 4.90 Å². The average molecular weight is 259 g/mol. The van der Waals surface area contributed by atoms with E-state index in [-0.39, 0.29) is 10.9 Å². The van der Waals surface area contributed by atoms with E-state index in [0.717, 1.165) is 6.42 Å². The van der Waals surface area contributed by atoms with Crippen LogP contribution >= 0.6 is 0 Å². The highest BCUT2D eigenvalue weighted by molar-refractivity contribution is 7.89. The van der Waals surface area contributed by atoms with Crippen molar-refractivity contribution in [2.24, 2.45) is 0 Å². The van der Waals surface area contributed by atoms with Gasteiger partial charge < -0.3 is 4.74 Å². The second-order valence-corrected chi connectivity index (χ2v) is 6.24. The number of nitrogens with zero attached hydrogens (tertiary/aromatic N) is 2. The van der Waals surface area contributed by atoms with Gasteiger partial charge in [-0.1, -0.05) is 0 Å². The fourth-order valence-electron chi connectivity index (χ4n) is 2.07. The normalized spacial score (nSPS) is 21.3. The van der Waals surface area contributed by atoms with Crippen molar-refractivity contribution in [3.05, 3.63) is 11.4 Å². The van der Waals surface area contributed by atoms with Crippen LogP contribution in [0.4, 0.5) is 0 Å². The van der Waals surface area contributed by atoms with E-state index in [2.05, 4.69) is 10.2 Å². The smallest absolute Gasteiger partial charge is 0.246 e. The molecule has 0 amide bonds. The Kier molecular flexibility index (Phi) is 3.24. The number of hydrogen-bond acceptors (Lipinski definition) is 4. The monoisotopic (exact) mass is 259 g/mol. The maximum atomic E-state index is 12.4. The second-order valence-electron chi connectivity index (χ2n) is 4.30. The van der Waals surface area contributed by atoms with E-state index >= 15 is 0 Å². The Bertz CT molecular complexity index is 483. The molecule has 1 atom stereocenters. The minimum absolute atomic E-state index is 0.0753. The first-order valence-corrected chi connectivity index (χ1v) is 6.96. The molecule has 0 radical (unpaired) electrons. The zero-order valence-corrected chi connectivity index (χ0v) is 11.0. The first kappa shape index (κ1) is 12.5. The van der Waals surface area contributed by atoms with E-state index in [9.17, 15) is 8.42 Å². The summed E-state index contributed by atoms with van der Waals surface area (Å²) >= 11 is 0. The first-order chi connectivity index (χ1) is 7.94. The molecule has 2 heterocycles. The molecule has 1 N–H and O–H groups in total. The molecule has 6 nitrogen and oxygen atoms in total. The Labute approximate surface area is 101 Å². The molecule has 1 unspecified atom stereocenters. The van der Waals surface area contributed by atoms with Crippen molar-refractivity contribution < 1.29 is 13.2 Å². The molecule has 1 aliphatic rings. The van der Waals surface area contributed by atoms with Crippen molar-refractivity contribution in [3.8, 4) is 0 Å². The van der Waals surface area contributed by atoms with E-state index in [1.807, 2.05) is 0 Å². The Morgan fingerprint density at radius 2 is 2.18 bits per heavy atom. The summed E-state index contributed by atoms with van der Waals surface area (Å²) in [6, 6.07) is -0.0753. The van der Waals surface area contributed by atoms with E-state index in [1.54, 1.807) is 20.9 Å². The molecule has 0 spiro atoms. The van der Waals surface area contributed by atoms with Crippen LogP contribution in [0, 0.1) is 13.8 Å². The summed E-state index contributed by atoms with van der Waals surface area (Å²) in [5.41, 5.74) is 1.08. The highest BCUT2D eigenvalue weighted by Crippen LogP contribution is 2.24. The molecule has 1 saturated heterocycles. The van der Waals surface area contributed by atoms with E-state index < -0.39 is 10.0 Å². The lowest BCUT2D eigenvalue weighted by atomic mass is 10.3. The van der Waals surface area contributed by atoms with Crippen LogP contribution in [0.3, 0.4) is 0 Å². The molecule has 7 heteroatoms. The Hall–Kier alpha value is -0.920. The Balaban J connectivity index is 2.36. The largest absolute Gasteiger partial charge is 0.380 e. The topological polar surface area (TPSA) is 75.3 Å². The molecule has 0 aromatic carbocycles. The summed E-state index contributed by atoms with van der Waals surface area (Å²) in [7, 11) is -1.88. The number of H-pyrrole nitrogens is 1. The average Bonchev–Trinajstić information content (AvgIpc) is 2.87. The first-order valence-electron chi connectivity index (χ1n) is 5.52. The fraction of sp³-hybridized carbons (Fsp3) is 0.700. The van der Waals surface area contributed by atoms with Gasteiger partial charge in [-0.05, 0) is 20.3 Å². The number of aromatic amines is 1. The third-order valence-electron chi connectivity index (χ3n) is 3.12. The van der Waals surface area contributed by atoms with Gasteiger partial charge in [0.05, 0.1) is 24.0 Å². The minimum Gasteiger partial charge on any atom is -0.380 e. The lowest BCUT2D eigenvalue weighted by Gasteiger charge is -2.22. The molecule has 1 aliphatic heterocycles. The molecule has 17 heavy (non-hydrogen) atoms. The zero-order chi connectivity index (χ0) is 12.6. The number of aryl methyl sites for hydroxylation is 2. The number of nitrogens with one attached hydrogen (secondary N) is 1. The van der Waals surface area contributed by atoms with Gasteiger partial charge in [0, 0.05) is 13.7 Å². The molecule has 1 aromatic heterocycles. The van der Waals surface area contributed by atoms with Crippen LogP contribution in [0.15, 0.2) is 4.90 Å². The van der Waals surface area contributed by atoms with Crippen molar-refractivity contribution in [3.63, 3.8) is 0 Å². The number of likely N-dealkylation sites (N-methyl/N-ethyl adjacent to an activating group) is 1. The number of sulfonamides is 1. The predicted octanol–water partition coefficient (Wildman–Crippen LogP) is 0.436. The van der Waals surface area contributed by atoms with Crippen molar-refractivity contribution in [1.82, 2.24) is 14.5 Å². The molecular formula is C10H17N3O3S. The van der Waals surface area contributed by atoms with Crippen LogP contribution in [0.25, 0.3) is 0 Å². The van der Waals surface area contributed by atoms with Gasteiger partial charge in [-0.2, -0.15) is 9.40 Å². The summed E-state index contributed by atoms with van der Waals surface area (Å²) in [4.78, 5) is 0.284. The SMILES string of the molecule is Cc1n[nH]c(C)c1S(=O)(=O)N(C)C1CCOC1. The molecule has 0 bridgehead atoms. The third kappa shape index (κ3) is 2.10. The highest BCUT2D eigenvalue weighted by atomic mass is 32.2. The van der Waals surface area contributed by atoms with Crippen molar-refractivity contribution >= 4 is 10.0 Å². The van der Waals surface area contributed by atoms with Crippen LogP contribution in [-0.4, -0.2) is 49.2 Å². The fourth-order valence-corrected chi connectivity index (χ4v) is 3.77. The minimum atomic E-state index is -3.48. The summed E-state index contributed by atoms with van der Waals surface area (Å²) in [6.45, 7) is 4.49. The van der Waals surface area contributed by atoms with Crippen molar-refractivity contribution in [1.29, 1.82) is 0 Å². The lowest BCUT2D eigenvalue weighted by Crippen LogP contribution is -2.37. The molecule has 1 aromatic rings. The van der Waals surface area contributed by atoms with Crippen LogP contribution in [0.1, 0.15) is 17.8 Å². The molecular weight excluding hydrogens is 242 g/mol. The van der Waals surface area contributed by atoms with Gasteiger partial charge in [-0.15, -0.1) is 0 Å². The quantitative estimate of drug-likeness (QED) is 0.854. The molecule has 0 aliphatic carbocycles. The lowest BCUT2D eigenvalue weighted by molar-refractivity contribution is 0.181. The summed E-state index contributed by atoms with van der Waals surface area (Å²) < 4.78 is 31.5. The molecule has 0 saturated carbocycles. The van der Waals surface area contributed by atoms with Gasteiger partial charge in [0.2, 0.25) is 10.0 Å². The highest BCUT2D eigenvalue weighted by Gasteiger charge is 2.33. The summed E-state index contributed by atoms with van der Waals surface area (Å²) in [5.74, 6) is 0. The Morgan fingerprint density at radius 1 is 1.47 bits per heavy atom. The van der Waals surface area contributed by atoms with Crippen molar-refractivity contribution in [2.45, 2.75) is 31.2 Å². The maximum absolute atomic E-state index is 12.4. The van der Waals surface area contributed by atoms with Crippen LogP contribution in [0.5, 0.6) is 0 Å². The molecule has 1 fully saturated rings. The maximum Gasteiger partial charge on any atom is 0.246 e. The molecule has 2 rings (SSSR count). The predicted molar refractivity (Wildman–Crippen MR) is 62.2 cm³/mol. The van der Waals surface area contributed by atoms with Crippen molar-refractivity contribution in [2.75, 3.05) is 20.3 Å². The van der Waals surface area contributed by atoms with Crippen LogP contribution < -0.4 is 0 Å². The third-order valence-corrected chi connectivity index (χ3v) is 5.29. The second kappa shape index (κ2) is 4.40. The summed E-state index contributed by atoms with van der Waals surface area (Å²) in [5, 5.41) is 6.63. The Morgan fingerprint density at radius 3 is 2.65 bits per heavy atom. The van der Waals surface area contributed by atoms with Gasteiger partial charge in [0.25, 0.3) is 0 Å². The summed E-state index contributed by atoms with van der Waals surface area (Å²) in [6.07, 6.45) is 0.742. The molecule has 96 valence electrons. The van der Waals surface area contributed by atoms with Gasteiger partial charge in [0.15, 0.2) is 0 Å². The van der Waals surface area contributed by atoms with Gasteiger partial charge >= 0.3 is 0 Å². The zero-order valence-electron chi connectivity index (χ0n) is 10.2. The number of aromatic nitrogens is 2. The number of hydrogen-bond donors (Lipinski definition) is 1. The van der Waals surface area contributed by atoms with Gasteiger partial charge in [-0.3, -0.25) is 5.10 Å². The van der Waals surface area contributed by atoms with Crippen LogP contribution in [-0.2, 0) is 14.8 Å². The van der Waals surface area contributed by atoms with Gasteiger partial charge in [-0.25, -0.2) is 8.42 Å². The number of rotatable bonds is 3. The van der Waals surface area contributed by atoms with E-state index in [4.69, 9.17) is 4.74 Å². The van der Waals surface area contributed by atoms with E-state index in [1.165, 1.54) is 4.31 Å².